The lowest BCUT2D eigenvalue weighted by atomic mass is 10.3. The molecule has 0 unspecified atom stereocenters. The molecule has 2 aromatic heterocycles. The van der Waals surface area contributed by atoms with E-state index in [9.17, 15) is 4.79 Å². The highest BCUT2D eigenvalue weighted by Crippen LogP contribution is 2.14. The van der Waals surface area contributed by atoms with Gasteiger partial charge in [0, 0.05) is 13.0 Å². The van der Waals surface area contributed by atoms with Gasteiger partial charge in [-0.05, 0) is 24.3 Å². The monoisotopic (exact) mass is 270 g/mol. The molecule has 20 heavy (non-hydrogen) atoms. The third-order valence-electron chi connectivity index (χ3n) is 2.92. The van der Waals surface area contributed by atoms with Crippen LogP contribution in [0.4, 0.5) is 0 Å². The minimum Gasteiger partial charge on any atom is -0.469 e. The van der Waals surface area contributed by atoms with Gasteiger partial charge in [-0.15, -0.1) is 0 Å². The third-order valence-corrected chi connectivity index (χ3v) is 2.92. The summed E-state index contributed by atoms with van der Waals surface area (Å²) < 4.78 is 10.7. The van der Waals surface area contributed by atoms with Crippen molar-refractivity contribution >= 4 is 17.0 Å². The van der Waals surface area contributed by atoms with Gasteiger partial charge >= 0.3 is 0 Å². The Morgan fingerprint density at radius 1 is 1.20 bits per heavy atom. The van der Waals surface area contributed by atoms with Gasteiger partial charge in [0.2, 0.25) is 11.8 Å². The van der Waals surface area contributed by atoms with Crippen molar-refractivity contribution in [2.45, 2.75) is 12.8 Å². The van der Waals surface area contributed by atoms with Crippen molar-refractivity contribution in [2.75, 3.05) is 6.54 Å². The summed E-state index contributed by atoms with van der Waals surface area (Å²) in [6.45, 7) is 0.534. The smallest absolute Gasteiger partial charge is 0.229 e. The summed E-state index contributed by atoms with van der Waals surface area (Å²) in [5.74, 6) is 1.18. The summed E-state index contributed by atoms with van der Waals surface area (Å²) in [4.78, 5) is 16.0. The van der Waals surface area contributed by atoms with E-state index in [0.717, 1.165) is 11.3 Å². The van der Waals surface area contributed by atoms with Crippen molar-refractivity contribution in [1.29, 1.82) is 0 Å². The first-order valence-corrected chi connectivity index (χ1v) is 6.45. The molecule has 1 N–H and O–H groups in total. The molecule has 0 aliphatic carbocycles. The molecule has 0 saturated heterocycles. The van der Waals surface area contributed by atoms with Crippen LogP contribution in [0.2, 0.25) is 0 Å². The van der Waals surface area contributed by atoms with Crippen molar-refractivity contribution in [3.63, 3.8) is 0 Å². The van der Waals surface area contributed by atoms with Crippen LogP contribution in [0.1, 0.15) is 11.7 Å². The highest BCUT2D eigenvalue weighted by Gasteiger charge is 2.10. The average Bonchev–Trinajstić information content (AvgIpc) is 3.06. The van der Waals surface area contributed by atoms with Gasteiger partial charge in [-0.3, -0.25) is 4.79 Å². The Labute approximate surface area is 115 Å². The maximum Gasteiger partial charge on any atom is 0.229 e. The fraction of sp³-hybridized carbons (Fsp3) is 0.200. The SMILES string of the molecule is O=C(Cc1nc2ccccc2o1)NCCc1ccco1. The first kappa shape index (κ1) is 12.5. The van der Waals surface area contributed by atoms with Crippen LogP contribution in [-0.4, -0.2) is 17.4 Å². The van der Waals surface area contributed by atoms with Crippen molar-refractivity contribution in [1.82, 2.24) is 10.3 Å². The average molecular weight is 270 g/mol. The van der Waals surface area contributed by atoms with E-state index < -0.39 is 0 Å². The molecular formula is C15H14N2O3. The second kappa shape index (κ2) is 5.61. The molecule has 0 fully saturated rings. The van der Waals surface area contributed by atoms with Gasteiger partial charge in [-0.2, -0.15) is 0 Å². The van der Waals surface area contributed by atoms with E-state index >= 15 is 0 Å². The topological polar surface area (TPSA) is 68.3 Å². The van der Waals surface area contributed by atoms with Crippen molar-refractivity contribution < 1.29 is 13.6 Å². The zero-order valence-corrected chi connectivity index (χ0v) is 10.8. The highest BCUT2D eigenvalue weighted by atomic mass is 16.3. The van der Waals surface area contributed by atoms with Crippen LogP contribution in [-0.2, 0) is 17.6 Å². The number of hydrogen-bond acceptors (Lipinski definition) is 4. The molecule has 3 rings (SSSR count). The molecule has 0 bridgehead atoms. The van der Waals surface area contributed by atoms with Gasteiger partial charge in [0.1, 0.15) is 17.7 Å². The van der Waals surface area contributed by atoms with E-state index in [1.54, 1.807) is 6.26 Å². The quantitative estimate of drug-likeness (QED) is 0.772. The molecule has 0 saturated carbocycles. The van der Waals surface area contributed by atoms with Crippen LogP contribution < -0.4 is 5.32 Å². The van der Waals surface area contributed by atoms with Gasteiger partial charge < -0.3 is 14.2 Å². The van der Waals surface area contributed by atoms with Gasteiger partial charge in [-0.1, -0.05) is 12.1 Å². The summed E-state index contributed by atoms with van der Waals surface area (Å²) in [5.41, 5.74) is 1.47. The standard InChI is InChI=1S/C15H14N2O3/c18-14(16-8-7-11-4-3-9-19-11)10-15-17-12-5-1-2-6-13(12)20-15/h1-6,9H,7-8,10H2,(H,16,18). The number of benzene rings is 1. The maximum atomic E-state index is 11.8. The van der Waals surface area contributed by atoms with E-state index in [-0.39, 0.29) is 12.3 Å². The van der Waals surface area contributed by atoms with Crippen LogP contribution in [0.3, 0.4) is 0 Å². The number of furan rings is 1. The molecule has 0 atom stereocenters. The fourth-order valence-corrected chi connectivity index (χ4v) is 1.98. The number of oxazole rings is 1. The zero-order valence-electron chi connectivity index (χ0n) is 10.8. The number of carbonyl (C=O) groups excluding carboxylic acids is 1. The zero-order chi connectivity index (χ0) is 13.8. The molecule has 1 amide bonds. The minimum atomic E-state index is -0.108. The van der Waals surface area contributed by atoms with Crippen LogP contribution in [0.15, 0.2) is 51.5 Å². The van der Waals surface area contributed by atoms with Crippen molar-refractivity contribution in [2.24, 2.45) is 0 Å². The first-order chi connectivity index (χ1) is 9.81. The molecule has 102 valence electrons. The van der Waals surface area contributed by atoms with E-state index in [2.05, 4.69) is 10.3 Å². The van der Waals surface area contributed by atoms with E-state index in [4.69, 9.17) is 8.83 Å². The van der Waals surface area contributed by atoms with Crippen LogP contribution >= 0.6 is 0 Å². The van der Waals surface area contributed by atoms with E-state index in [0.29, 0.717) is 24.4 Å². The van der Waals surface area contributed by atoms with E-state index in [1.165, 1.54) is 0 Å². The Bertz CT molecular complexity index is 668. The Kier molecular flexibility index (Phi) is 3.50. The first-order valence-electron chi connectivity index (χ1n) is 6.45. The molecule has 3 aromatic rings. The molecule has 2 heterocycles. The van der Waals surface area contributed by atoms with Gasteiger partial charge in [0.25, 0.3) is 0 Å². The maximum absolute atomic E-state index is 11.8. The Morgan fingerprint density at radius 2 is 2.10 bits per heavy atom. The fourth-order valence-electron chi connectivity index (χ4n) is 1.98. The lowest BCUT2D eigenvalue weighted by molar-refractivity contribution is -0.120. The normalized spacial score (nSPS) is 10.8. The number of rotatable bonds is 5. The molecule has 0 radical (unpaired) electrons. The minimum absolute atomic E-state index is 0.108. The largest absolute Gasteiger partial charge is 0.469 e. The third kappa shape index (κ3) is 2.88. The number of amides is 1. The van der Waals surface area contributed by atoms with Crippen LogP contribution in [0.5, 0.6) is 0 Å². The Balaban J connectivity index is 1.53. The lowest BCUT2D eigenvalue weighted by Gasteiger charge is -2.01. The van der Waals surface area contributed by atoms with Crippen molar-refractivity contribution in [3.8, 4) is 0 Å². The van der Waals surface area contributed by atoms with Crippen LogP contribution in [0.25, 0.3) is 11.1 Å². The predicted octanol–water partition coefficient (Wildman–Crippen LogP) is 2.32. The highest BCUT2D eigenvalue weighted by molar-refractivity contribution is 5.79. The summed E-state index contributed by atoms with van der Waals surface area (Å²) >= 11 is 0. The molecular weight excluding hydrogens is 256 g/mol. The van der Waals surface area contributed by atoms with E-state index in [1.807, 2.05) is 36.4 Å². The number of nitrogens with one attached hydrogen (secondary N) is 1. The number of fused-ring (bicyclic) bond motifs is 1. The Hall–Kier alpha value is -2.56. The van der Waals surface area contributed by atoms with Crippen molar-refractivity contribution in [3.05, 3.63) is 54.3 Å². The molecule has 0 spiro atoms. The molecule has 5 nitrogen and oxygen atoms in total. The molecule has 0 aliphatic heterocycles. The molecule has 5 heteroatoms. The second-order valence-corrected chi connectivity index (χ2v) is 4.43. The summed E-state index contributed by atoms with van der Waals surface area (Å²) in [6.07, 6.45) is 2.44. The number of hydrogen-bond donors (Lipinski definition) is 1. The van der Waals surface area contributed by atoms with Gasteiger partial charge in [0.05, 0.1) is 6.26 Å². The lowest BCUT2D eigenvalue weighted by Crippen LogP contribution is -2.27. The second-order valence-electron chi connectivity index (χ2n) is 4.43. The number of carbonyl (C=O) groups is 1. The predicted molar refractivity (Wildman–Crippen MR) is 73.1 cm³/mol. The summed E-state index contributed by atoms with van der Waals surface area (Å²) in [5, 5.41) is 2.81. The number of nitrogens with zero attached hydrogens (tertiary/aromatic N) is 1. The summed E-state index contributed by atoms with van der Waals surface area (Å²) in [7, 11) is 0. The summed E-state index contributed by atoms with van der Waals surface area (Å²) in [6, 6.07) is 11.2. The number of aromatic nitrogens is 1. The Morgan fingerprint density at radius 3 is 2.90 bits per heavy atom. The van der Waals surface area contributed by atoms with Gasteiger partial charge in [0.15, 0.2) is 5.58 Å². The van der Waals surface area contributed by atoms with Gasteiger partial charge in [-0.25, -0.2) is 4.98 Å². The van der Waals surface area contributed by atoms with Crippen LogP contribution in [0, 0.1) is 0 Å². The number of para-hydroxylation sites is 2. The molecule has 0 aliphatic rings. The molecule has 1 aromatic carbocycles.